The molecular formula is C10H6ClFN3O2. The molecule has 0 aliphatic heterocycles. The smallest absolute Gasteiger partial charge is 0.306 e. The minimum Gasteiger partial charge on any atom is -0.416 e. The van der Waals surface area contributed by atoms with Crippen molar-refractivity contribution in [2.75, 3.05) is 0 Å². The van der Waals surface area contributed by atoms with Gasteiger partial charge in [-0.25, -0.2) is 4.39 Å². The van der Waals surface area contributed by atoms with Crippen molar-refractivity contribution in [3.8, 4) is 0 Å². The Morgan fingerprint density at radius 3 is 2.82 bits per heavy atom. The molecule has 1 radical (unpaired) electrons. The van der Waals surface area contributed by atoms with Gasteiger partial charge in [-0.3, -0.25) is 4.79 Å². The largest absolute Gasteiger partial charge is 0.416 e. The third-order valence-corrected chi connectivity index (χ3v) is 2.19. The number of nitrogens with zero attached hydrogens (tertiary/aromatic N) is 2. The van der Waals surface area contributed by atoms with Crippen molar-refractivity contribution in [2.45, 2.75) is 0 Å². The molecule has 0 atom stereocenters. The normalized spacial score (nSPS) is 10.5. The molecule has 1 aromatic carbocycles. The molecule has 0 aliphatic rings. The fraction of sp³-hybridized carbons (Fsp3) is 0. The molecule has 1 amide bonds. The summed E-state index contributed by atoms with van der Waals surface area (Å²) >= 11 is 5.53. The standard InChI is InChI=1S/C10H6ClFN3O2/c11-6-2-1-5(3-7(6)12)4-8-14-15-10(17-8)9(13)16/h1-4H,(H2,13,16). The number of rotatable bonds is 3. The summed E-state index contributed by atoms with van der Waals surface area (Å²) in [5.41, 5.74) is 5.42. The van der Waals surface area contributed by atoms with Gasteiger partial charge in [0, 0.05) is 0 Å². The highest BCUT2D eigenvalue weighted by Gasteiger charge is 2.12. The van der Waals surface area contributed by atoms with Gasteiger partial charge in [0.05, 0.1) is 11.4 Å². The maximum absolute atomic E-state index is 13.1. The summed E-state index contributed by atoms with van der Waals surface area (Å²) in [6, 6.07) is 4.17. The number of primary amides is 1. The maximum atomic E-state index is 13.1. The van der Waals surface area contributed by atoms with E-state index in [0.717, 1.165) is 0 Å². The first-order chi connectivity index (χ1) is 8.06. The first-order valence-electron chi connectivity index (χ1n) is 4.49. The maximum Gasteiger partial charge on any atom is 0.306 e. The number of carbonyl (C=O) groups excluding carboxylic acids is 1. The van der Waals surface area contributed by atoms with E-state index in [0.29, 0.717) is 5.56 Å². The van der Waals surface area contributed by atoms with E-state index in [9.17, 15) is 9.18 Å². The molecule has 0 saturated carbocycles. The molecule has 0 fully saturated rings. The average Bonchev–Trinajstić information content (AvgIpc) is 2.72. The molecule has 5 nitrogen and oxygen atoms in total. The number of benzene rings is 1. The van der Waals surface area contributed by atoms with E-state index < -0.39 is 11.7 Å². The first kappa shape index (κ1) is 11.5. The summed E-state index contributed by atoms with van der Waals surface area (Å²) in [4.78, 5) is 10.7. The van der Waals surface area contributed by atoms with Crippen molar-refractivity contribution >= 4 is 17.5 Å². The topological polar surface area (TPSA) is 82.0 Å². The van der Waals surface area contributed by atoms with E-state index >= 15 is 0 Å². The molecule has 17 heavy (non-hydrogen) atoms. The van der Waals surface area contributed by atoms with E-state index in [1.807, 2.05) is 0 Å². The molecule has 0 spiro atoms. The van der Waals surface area contributed by atoms with Gasteiger partial charge in [0.15, 0.2) is 0 Å². The lowest BCUT2D eigenvalue weighted by Crippen LogP contribution is -2.10. The molecule has 0 bridgehead atoms. The molecule has 2 N–H and O–H groups in total. The monoisotopic (exact) mass is 254 g/mol. The van der Waals surface area contributed by atoms with Crippen LogP contribution in [0.1, 0.15) is 22.1 Å². The minimum absolute atomic E-state index is 0.0190. The number of carbonyl (C=O) groups is 1. The number of amides is 1. The first-order valence-corrected chi connectivity index (χ1v) is 4.87. The van der Waals surface area contributed by atoms with Crippen molar-refractivity contribution < 1.29 is 13.6 Å². The van der Waals surface area contributed by atoms with E-state index in [-0.39, 0.29) is 16.8 Å². The summed E-state index contributed by atoms with van der Waals surface area (Å²) in [5.74, 6) is -1.62. The Balaban J connectivity index is 2.19. The van der Waals surface area contributed by atoms with Crippen LogP contribution in [0.5, 0.6) is 0 Å². The van der Waals surface area contributed by atoms with Crippen LogP contribution in [0.2, 0.25) is 5.02 Å². The third-order valence-electron chi connectivity index (χ3n) is 1.89. The second-order valence-corrected chi connectivity index (χ2v) is 3.53. The van der Waals surface area contributed by atoms with Crippen LogP contribution in [0.25, 0.3) is 0 Å². The van der Waals surface area contributed by atoms with Crippen LogP contribution in [0, 0.1) is 12.2 Å². The van der Waals surface area contributed by atoms with E-state index in [1.165, 1.54) is 18.6 Å². The Morgan fingerprint density at radius 2 is 2.24 bits per heavy atom. The van der Waals surface area contributed by atoms with Gasteiger partial charge in [-0.05, 0) is 17.7 Å². The Hall–Kier alpha value is -1.95. The molecular weight excluding hydrogens is 249 g/mol. The number of hydrogen-bond acceptors (Lipinski definition) is 4. The van der Waals surface area contributed by atoms with Crippen LogP contribution >= 0.6 is 11.6 Å². The summed E-state index contributed by atoms with van der Waals surface area (Å²) in [6.45, 7) is 0. The van der Waals surface area contributed by atoms with Gasteiger partial charge in [-0.2, -0.15) is 0 Å². The Kier molecular flexibility index (Phi) is 3.06. The number of hydrogen-bond donors (Lipinski definition) is 1. The van der Waals surface area contributed by atoms with Gasteiger partial charge in [0.1, 0.15) is 5.82 Å². The van der Waals surface area contributed by atoms with E-state index in [2.05, 4.69) is 10.2 Å². The molecule has 2 rings (SSSR count). The average molecular weight is 255 g/mol. The van der Waals surface area contributed by atoms with Crippen molar-refractivity contribution in [1.82, 2.24) is 10.2 Å². The highest BCUT2D eigenvalue weighted by atomic mass is 35.5. The minimum atomic E-state index is -0.820. The lowest BCUT2D eigenvalue weighted by Gasteiger charge is -1.98. The SMILES string of the molecule is NC(=O)c1nnc([CH]c2ccc(Cl)c(F)c2)o1. The Bertz CT molecular complexity index is 570. The zero-order valence-corrected chi connectivity index (χ0v) is 9.11. The molecule has 7 heteroatoms. The zero-order valence-electron chi connectivity index (χ0n) is 8.35. The van der Waals surface area contributed by atoms with E-state index in [1.54, 1.807) is 6.07 Å². The predicted molar refractivity (Wildman–Crippen MR) is 56.7 cm³/mol. The quantitative estimate of drug-likeness (QED) is 0.901. The summed E-state index contributed by atoms with van der Waals surface area (Å²) in [7, 11) is 0. The zero-order chi connectivity index (χ0) is 12.4. The molecule has 2 aromatic rings. The second kappa shape index (κ2) is 4.50. The van der Waals surface area contributed by atoms with Crippen molar-refractivity contribution in [1.29, 1.82) is 0 Å². The van der Waals surface area contributed by atoms with Crippen LogP contribution in [-0.2, 0) is 0 Å². The van der Waals surface area contributed by atoms with Crippen LogP contribution in [0.3, 0.4) is 0 Å². The van der Waals surface area contributed by atoms with Gasteiger partial charge >= 0.3 is 11.8 Å². The highest BCUT2D eigenvalue weighted by Crippen LogP contribution is 2.18. The third kappa shape index (κ3) is 2.59. The fourth-order valence-electron chi connectivity index (χ4n) is 1.14. The lowest BCUT2D eigenvalue weighted by molar-refractivity contribution is 0.0966. The molecule has 0 saturated heterocycles. The summed E-state index contributed by atoms with van der Waals surface area (Å²) in [5, 5.41) is 6.98. The highest BCUT2D eigenvalue weighted by molar-refractivity contribution is 6.30. The molecule has 1 aromatic heterocycles. The Morgan fingerprint density at radius 1 is 1.47 bits per heavy atom. The molecule has 1 heterocycles. The van der Waals surface area contributed by atoms with Crippen molar-refractivity contribution in [3.63, 3.8) is 0 Å². The summed E-state index contributed by atoms with van der Waals surface area (Å²) in [6.07, 6.45) is 1.40. The van der Waals surface area contributed by atoms with Gasteiger partial charge in [0.2, 0.25) is 5.89 Å². The van der Waals surface area contributed by atoms with Gasteiger partial charge in [-0.1, -0.05) is 17.7 Å². The van der Waals surface area contributed by atoms with Crippen LogP contribution < -0.4 is 5.73 Å². The van der Waals surface area contributed by atoms with Crippen LogP contribution in [0.4, 0.5) is 4.39 Å². The van der Waals surface area contributed by atoms with Crippen LogP contribution in [-0.4, -0.2) is 16.1 Å². The van der Waals surface area contributed by atoms with Gasteiger partial charge in [0.25, 0.3) is 0 Å². The molecule has 87 valence electrons. The molecule has 0 unspecified atom stereocenters. The van der Waals surface area contributed by atoms with Crippen molar-refractivity contribution in [3.05, 3.63) is 52.8 Å². The van der Waals surface area contributed by atoms with Crippen molar-refractivity contribution in [2.24, 2.45) is 5.73 Å². The lowest BCUT2D eigenvalue weighted by atomic mass is 10.1. The second-order valence-electron chi connectivity index (χ2n) is 3.13. The number of aromatic nitrogens is 2. The van der Waals surface area contributed by atoms with E-state index in [4.69, 9.17) is 21.8 Å². The van der Waals surface area contributed by atoms with Gasteiger partial charge in [-0.15, -0.1) is 10.2 Å². The summed E-state index contributed by atoms with van der Waals surface area (Å²) < 4.78 is 18.0. The van der Waals surface area contributed by atoms with Crippen LogP contribution in [0.15, 0.2) is 22.6 Å². The number of nitrogens with two attached hydrogens (primary N) is 1. The number of halogens is 2. The van der Waals surface area contributed by atoms with Gasteiger partial charge < -0.3 is 10.2 Å². The fourth-order valence-corrected chi connectivity index (χ4v) is 1.25. The molecule has 0 aliphatic carbocycles. The Labute approximate surface area is 100 Å². The predicted octanol–water partition coefficient (Wildman–Crippen LogP) is 1.56.